The number of anilines is 3. The molecular formula is C50H66ClN7O10. The maximum Gasteiger partial charge on any atom is 0.334 e. The molecule has 0 radical (unpaired) electrons. The van der Waals surface area contributed by atoms with Crippen LogP contribution >= 0.6 is 11.6 Å². The van der Waals surface area contributed by atoms with Crippen molar-refractivity contribution in [3.8, 4) is 11.5 Å². The van der Waals surface area contributed by atoms with Crippen LogP contribution in [0.4, 0.5) is 28.6 Å². The summed E-state index contributed by atoms with van der Waals surface area (Å²) < 4.78 is 34.1. The lowest BCUT2D eigenvalue weighted by Gasteiger charge is -2.41. The molecule has 0 atom stereocenters. The van der Waals surface area contributed by atoms with Gasteiger partial charge in [0.2, 0.25) is 11.0 Å². The number of pyridine rings is 2. The van der Waals surface area contributed by atoms with Crippen molar-refractivity contribution >= 4 is 40.2 Å². The van der Waals surface area contributed by atoms with Crippen LogP contribution < -0.4 is 25.0 Å². The van der Waals surface area contributed by atoms with Gasteiger partial charge in [-0.05, 0) is 114 Å². The number of hydrogen-bond acceptors (Lipinski definition) is 15. The van der Waals surface area contributed by atoms with E-state index in [1.54, 1.807) is 14.2 Å². The third kappa shape index (κ3) is 12.3. The van der Waals surface area contributed by atoms with Crippen molar-refractivity contribution in [3.05, 3.63) is 108 Å². The van der Waals surface area contributed by atoms with Gasteiger partial charge in [-0.25, -0.2) is 9.97 Å². The van der Waals surface area contributed by atoms with E-state index in [1.165, 1.54) is 0 Å². The molecule has 8 rings (SSSR count). The Hall–Kier alpha value is -5.33. The number of rotatable bonds is 15. The van der Waals surface area contributed by atoms with Gasteiger partial charge in [-0.2, -0.15) is 0 Å². The highest BCUT2D eigenvalue weighted by Gasteiger charge is 2.40. The largest absolute Gasteiger partial charge is 0.497 e. The standard InChI is InChI=1S/C33H42N4O6.C17H24ClN3O4/c1-32(2)42-21-33(3,22-43-32)20-34-29-27-8-6-7-9-28(27)35-31(30(29)37(38)39)36(18-23-10-14-25(40-4)15-11-23)19-24-12-16-26(41-5)17-13-24;1-16(2)24-9-17(3,10-25-16)8-19-13-11-6-4-5-7-12(11)20-15(18)14(13)21(22)23/h10-17H,6-9,18-22H2,1-5H3,(H,34,35);4-10H2,1-3H3,(H,19,20). The predicted octanol–water partition coefficient (Wildman–Crippen LogP) is 10.0. The highest BCUT2D eigenvalue weighted by atomic mass is 35.5. The number of nitrogens with zero attached hydrogens (tertiary/aromatic N) is 5. The van der Waals surface area contributed by atoms with Gasteiger partial charge in [0.25, 0.3) is 0 Å². The first-order valence-corrected chi connectivity index (χ1v) is 23.8. The smallest absolute Gasteiger partial charge is 0.334 e. The molecule has 4 heterocycles. The Bertz CT molecular complexity index is 2360. The molecule has 0 unspecified atom stereocenters. The summed E-state index contributed by atoms with van der Waals surface area (Å²) in [5.41, 5.74) is 5.94. The fourth-order valence-corrected chi connectivity index (χ4v) is 9.10. The van der Waals surface area contributed by atoms with Crippen LogP contribution in [0.2, 0.25) is 5.15 Å². The summed E-state index contributed by atoms with van der Waals surface area (Å²) in [5.74, 6) is 0.634. The van der Waals surface area contributed by atoms with E-state index in [2.05, 4.69) is 22.5 Å². The van der Waals surface area contributed by atoms with Gasteiger partial charge >= 0.3 is 11.4 Å². The molecule has 2 aromatic heterocycles. The zero-order chi connectivity index (χ0) is 48.9. The van der Waals surface area contributed by atoms with E-state index in [0.29, 0.717) is 69.8 Å². The van der Waals surface area contributed by atoms with Crippen LogP contribution in [0, 0.1) is 31.1 Å². The number of aryl methyl sites for hydroxylation is 2. The van der Waals surface area contributed by atoms with Crippen molar-refractivity contribution < 1.29 is 38.3 Å². The summed E-state index contributed by atoms with van der Waals surface area (Å²) >= 11 is 6.11. The molecule has 2 aliphatic heterocycles. The average molecular weight is 961 g/mol. The Morgan fingerprint density at radius 2 is 1.00 bits per heavy atom. The fraction of sp³-hybridized carbons (Fsp3) is 0.560. The van der Waals surface area contributed by atoms with Crippen molar-refractivity contribution in [3.63, 3.8) is 0 Å². The first-order valence-electron chi connectivity index (χ1n) is 23.4. The summed E-state index contributed by atoms with van der Waals surface area (Å²) in [6.07, 6.45) is 7.12. The van der Waals surface area contributed by atoms with Crippen molar-refractivity contribution in [1.82, 2.24) is 9.97 Å². The zero-order valence-corrected chi connectivity index (χ0v) is 41.4. The molecule has 2 fully saturated rings. The number of nitro groups is 2. The van der Waals surface area contributed by atoms with E-state index in [-0.39, 0.29) is 32.3 Å². The molecule has 0 saturated carbocycles. The highest BCUT2D eigenvalue weighted by Crippen LogP contribution is 2.44. The van der Waals surface area contributed by atoms with Crippen LogP contribution in [-0.2, 0) is 57.7 Å². The molecule has 68 heavy (non-hydrogen) atoms. The third-order valence-electron chi connectivity index (χ3n) is 13.0. The van der Waals surface area contributed by atoms with Gasteiger partial charge in [-0.15, -0.1) is 0 Å². The number of ether oxygens (including phenoxy) is 6. The fourth-order valence-electron chi connectivity index (χ4n) is 8.83. The van der Waals surface area contributed by atoms with Gasteiger partial charge in [0.05, 0.1) is 50.5 Å². The van der Waals surface area contributed by atoms with E-state index in [1.807, 2.05) is 88.0 Å². The second-order valence-electron chi connectivity index (χ2n) is 19.9. The number of methoxy groups -OCH3 is 2. The van der Waals surface area contributed by atoms with Crippen molar-refractivity contribution in [2.45, 2.75) is 118 Å². The molecule has 368 valence electrons. The molecule has 0 spiro atoms. The quantitative estimate of drug-likeness (QED) is 0.0649. The molecule has 0 bridgehead atoms. The Morgan fingerprint density at radius 3 is 1.40 bits per heavy atom. The van der Waals surface area contributed by atoms with E-state index >= 15 is 0 Å². The monoisotopic (exact) mass is 959 g/mol. The minimum Gasteiger partial charge on any atom is -0.497 e. The Morgan fingerprint density at radius 1 is 0.618 bits per heavy atom. The van der Waals surface area contributed by atoms with Crippen molar-refractivity contribution in [2.24, 2.45) is 10.8 Å². The number of fused-ring (bicyclic) bond motifs is 2. The Balaban J connectivity index is 0.000000232. The lowest BCUT2D eigenvalue weighted by Crippen LogP contribution is -2.48. The predicted molar refractivity (Wildman–Crippen MR) is 261 cm³/mol. The summed E-state index contributed by atoms with van der Waals surface area (Å²) in [6, 6.07) is 15.5. The lowest BCUT2D eigenvalue weighted by molar-refractivity contribution is -0.384. The maximum atomic E-state index is 12.9. The number of halogens is 1. The topological polar surface area (TPSA) is 195 Å². The first-order chi connectivity index (χ1) is 32.3. The number of aromatic nitrogens is 2. The lowest BCUT2D eigenvalue weighted by atomic mass is 9.90. The minimum absolute atomic E-state index is 0.00393. The molecule has 4 aliphatic rings. The number of nitrogens with one attached hydrogen (secondary N) is 2. The van der Waals surface area contributed by atoms with Gasteiger partial charge in [0.15, 0.2) is 11.6 Å². The summed E-state index contributed by atoms with van der Waals surface area (Å²) in [4.78, 5) is 35.0. The third-order valence-corrected chi connectivity index (χ3v) is 13.3. The molecule has 17 nitrogen and oxygen atoms in total. The summed E-state index contributed by atoms with van der Waals surface area (Å²) in [7, 11) is 3.26. The second kappa shape index (κ2) is 21.1. The minimum atomic E-state index is -0.641. The van der Waals surface area contributed by atoms with Crippen molar-refractivity contribution in [2.75, 3.05) is 69.3 Å². The second-order valence-corrected chi connectivity index (χ2v) is 20.3. The van der Waals surface area contributed by atoms with Gasteiger partial charge in [-0.3, -0.25) is 20.2 Å². The van der Waals surface area contributed by atoms with Gasteiger partial charge < -0.3 is 44.0 Å². The van der Waals surface area contributed by atoms with Gasteiger partial charge in [-0.1, -0.05) is 49.7 Å². The Kier molecular flexibility index (Phi) is 15.7. The zero-order valence-electron chi connectivity index (χ0n) is 40.6. The molecule has 0 amide bonds. The Labute approximate surface area is 403 Å². The van der Waals surface area contributed by atoms with E-state index < -0.39 is 16.5 Å². The van der Waals surface area contributed by atoms with Crippen LogP contribution in [0.3, 0.4) is 0 Å². The molecule has 4 aromatic rings. The summed E-state index contributed by atoms with van der Waals surface area (Å²) in [5, 5.41) is 31.2. The van der Waals surface area contributed by atoms with Crippen LogP contribution in [0.5, 0.6) is 11.5 Å². The van der Waals surface area contributed by atoms with Crippen molar-refractivity contribution in [1.29, 1.82) is 0 Å². The number of hydrogen-bond donors (Lipinski definition) is 2. The van der Waals surface area contributed by atoms with E-state index in [4.69, 9.17) is 45.0 Å². The maximum absolute atomic E-state index is 12.9. The van der Waals surface area contributed by atoms with Crippen LogP contribution in [0.25, 0.3) is 0 Å². The normalized spacial score (nSPS) is 18.7. The van der Waals surface area contributed by atoms with E-state index in [0.717, 1.165) is 96.5 Å². The molecule has 2 saturated heterocycles. The van der Waals surface area contributed by atoms with Crippen LogP contribution in [-0.4, -0.2) is 85.1 Å². The summed E-state index contributed by atoms with van der Waals surface area (Å²) in [6.45, 7) is 15.5. The van der Waals surface area contributed by atoms with E-state index in [9.17, 15) is 20.2 Å². The highest BCUT2D eigenvalue weighted by molar-refractivity contribution is 6.32. The van der Waals surface area contributed by atoms with Crippen LogP contribution in [0.1, 0.15) is 101 Å². The molecule has 2 aliphatic carbocycles. The molecular weight excluding hydrogens is 894 g/mol. The first kappa shape index (κ1) is 50.5. The van der Waals surface area contributed by atoms with Gasteiger partial charge in [0.1, 0.15) is 22.9 Å². The SMILES string of the molecule is CC1(CNc2c3c(nc(Cl)c2[N+](=O)[O-])CCCC3)COC(C)(C)OC1.COc1ccc(CN(Cc2ccc(OC)cc2)c2nc3c(c(NCC4(C)COC(C)(C)OC4)c2[N+](=O)[O-])CCCC3)cc1. The molecule has 2 aromatic carbocycles. The van der Waals surface area contributed by atoms with Gasteiger partial charge in [0, 0.05) is 59.5 Å². The van der Waals surface area contributed by atoms with Crippen LogP contribution in [0.15, 0.2) is 48.5 Å². The molecule has 2 N–H and O–H groups in total. The number of benzene rings is 2. The average Bonchev–Trinajstić information content (AvgIpc) is 3.32. The molecule has 18 heteroatoms.